The number of piperidine rings is 1. The van der Waals surface area contributed by atoms with Crippen molar-refractivity contribution in [3.8, 4) is 0 Å². The minimum atomic E-state index is -0.734. The Balaban J connectivity index is 1.77. The Morgan fingerprint density at radius 1 is 1.15 bits per heavy atom. The van der Waals surface area contributed by atoms with Gasteiger partial charge in [-0.15, -0.1) is 0 Å². The van der Waals surface area contributed by atoms with Crippen molar-refractivity contribution >= 4 is 11.9 Å². The first kappa shape index (κ1) is 15.3. The first-order valence-corrected chi connectivity index (χ1v) is 7.45. The third kappa shape index (κ3) is 4.45. The van der Waals surface area contributed by atoms with Crippen LogP contribution in [0.2, 0.25) is 0 Å². The van der Waals surface area contributed by atoms with E-state index in [0.29, 0.717) is 6.54 Å². The number of rotatable bonds is 4. The molecule has 1 atom stereocenters. The van der Waals surface area contributed by atoms with E-state index in [-0.39, 0.29) is 18.2 Å². The summed E-state index contributed by atoms with van der Waals surface area (Å²) in [7, 11) is 2.07. The van der Waals surface area contributed by atoms with Crippen molar-refractivity contribution in [2.24, 2.45) is 5.92 Å². The smallest absolute Gasteiger partial charge is 0.303 e. The maximum atomic E-state index is 12.3. The van der Waals surface area contributed by atoms with E-state index in [1.165, 1.54) is 0 Å². The van der Waals surface area contributed by atoms with Crippen LogP contribution in [0.4, 0.5) is 0 Å². The second kappa shape index (κ2) is 7.04. The zero-order chi connectivity index (χ0) is 14.5. The summed E-state index contributed by atoms with van der Waals surface area (Å²) >= 11 is 0. The topological polar surface area (TPSA) is 64.1 Å². The summed E-state index contributed by atoms with van der Waals surface area (Å²) in [6.45, 7) is 5.59. The SMILES string of the molecule is CN1CCN(C(=O)CN2CCCC(CC(=O)O)C2)CC1. The van der Waals surface area contributed by atoms with Gasteiger partial charge in [0.15, 0.2) is 0 Å². The predicted molar refractivity (Wildman–Crippen MR) is 75.5 cm³/mol. The average Bonchev–Trinajstić information content (AvgIpc) is 2.39. The highest BCUT2D eigenvalue weighted by Gasteiger charge is 2.26. The van der Waals surface area contributed by atoms with Gasteiger partial charge in [0.1, 0.15) is 0 Å². The highest BCUT2D eigenvalue weighted by molar-refractivity contribution is 5.78. The summed E-state index contributed by atoms with van der Waals surface area (Å²) in [5.41, 5.74) is 0. The predicted octanol–water partition coefficient (Wildman–Crippen LogP) is -0.0529. The van der Waals surface area contributed by atoms with Crippen molar-refractivity contribution in [3.05, 3.63) is 0 Å². The monoisotopic (exact) mass is 283 g/mol. The standard InChI is InChI=1S/C14H25N3O3/c1-15-5-7-17(8-6-15)13(18)11-16-4-2-3-12(10-16)9-14(19)20/h12H,2-11H2,1H3,(H,19,20). The van der Waals surface area contributed by atoms with E-state index in [0.717, 1.165) is 52.1 Å². The van der Waals surface area contributed by atoms with Crippen molar-refractivity contribution in [2.45, 2.75) is 19.3 Å². The van der Waals surface area contributed by atoms with Crippen molar-refractivity contribution < 1.29 is 14.7 Å². The van der Waals surface area contributed by atoms with Gasteiger partial charge in [-0.3, -0.25) is 14.5 Å². The molecule has 0 radical (unpaired) electrons. The summed E-state index contributed by atoms with van der Waals surface area (Å²) in [5, 5.41) is 8.86. The molecule has 6 heteroatoms. The first-order valence-electron chi connectivity index (χ1n) is 7.45. The van der Waals surface area contributed by atoms with Crippen LogP contribution in [0.5, 0.6) is 0 Å². The quantitative estimate of drug-likeness (QED) is 0.783. The van der Waals surface area contributed by atoms with Crippen LogP contribution in [0.25, 0.3) is 0 Å². The number of nitrogens with zero attached hydrogens (tertiary/aromatic N) is 3. The van der Waals surface area contributed by atoms with Gasteiger partial charge in [0, 0.05) is 39.1 Å². The van der Waals surface area contributed by atoms with Crippen molar-refractivity contribution in [1.82, 2.24) is 14.7 Å². The van der Waals surface area contributed by atoms with Gasteiger partial charge in [-0.2, -0.15) is 0 Å². The average molecular weight is 283 g/mol. The molecule has 2 saturated heterocycles. The third-order valence-corrected chi connectivity index (χ3v) is 4.28. The Kier molecular flexibility index (Phi) is 5.37. The van der Waals surface area contributed by atoms with Crippen LogP contribution in [0.1, 0.15) is 19.3 Å². The molecule has 0 aromatic carbocycles. The van der Waals surface area contributed by atoms with Crippen LogP contribution < -0.4 is 0 Å². The number of aliphatic carboxylic acids is 1. The molecule has 0 aromatic heterocycles. The van der Waals surface area contributed by atoms with E-state index < -0.39 is 5.97 Å². The van der Waals surface area contributed by atoms with Crippen LogP contribution in [-0.4, -0.2) is 84.5 Å². The van der Waals surface area contributed by atoms with Gasteiger partial charge in [-0.1, -0.05) is 0 Å². The Hall–Kier alpha value is -1.14. The zero-order valence-corrected chi connectivity index (χ0v) is 12.3. The van der Waals surface area contributed by atoms with E-state index in [2.05, 4.69) is 16.8 Å². The molecule has 20 heavy (non-hydrogen) atoms. The highest BCUT2D eigenvalue weighted by Crippen LogP contribution is 2.19. The molecular formula is C14H25N3O3. The minimum absolute atomic E-state index is 0.189. The fraction of sp³-hybridized carbons (Fsp3) is 0.857. The lowest BCUT2D eigenvalue weighted by molar-refractivity contribution is -0.138. The molecule has 2 rings (SSSR count). The van der Waals surface area contributed by atoms with Crippen molar-refractivity contribution in [3.63, 3.8) is 0 Å². The lowest BCUT2D eigenvalue weighted by Gasteiger charge is -2.36. The lowest BCUT2D eigenvalue weighted by Crippen LogP contribution is -2.51. The van der Waals surface area contributed by atoms with E-state index in [9.17, 15) is 9.59 Å². The third-order valence-electron chi connectivity index (χ3n) is 4.28. The Morgan fingerprint density at radius 2 is 1.85 bits per heavy atom. The number of likely N-dealkylation sites (N-methyl/N-ethyl adjacent to an activating group) is 1. The van der Waals surface area contributed by atoms with Gasteiger partial charge >= 0.3 is 5.97 Å². The summed E-state index contributed by atoms with van der Waals surface area (Å²) < 4.78 is 0. The first-order chi connectivity index (χ1) is 9.54. The number of carbonyl (C=O) groups excluding carboxylic acids is 1. The highest BCUT2D eigenvalue weighted by atomic mass is 16.4. The van der Waals surface area contributed by atoms with E-state index in [4.69, 9.17) is 5.11 Å². The van der Waals surface area contributed by atoms with Crippen LogP contribution >= 0.6 is 0 Å². The zero-order valence-electron chi connectivity index (χ0n) is 12.3. The summed E-state index contributed by atoms with van der Waals surface area (Å²) in [4.78, 5) is 29.3. The maximum absolute atomic E-state index is 12.3. The molecule has 2 aliphatic heterocycles. The largest absolute Gasteiger partial charge is 0.481 e. The molecule has 1 N–H and O–H groups in total. The number of carboxylic acids is 1. The molecular weight excluding hydrogens is 258 g/mol. The Morgan fingerprint density at radius 3 is 2.50 bits per heavy atom. The molecule has 6 nitrogen and oxygen atoms in total. The number of hydrogen-bond donors (Lipinski definition) is 1. The summed E-state index contributed by atoms with van der Waals surface area (Å²) in [6.07, 6.45) is 2.18. The number of carboxylic acid groups (broad SMARTS) is 1. The molecule has 2 heterocycles. The molecule has 2 fully saturated rings. The van der Waals surface area contributed by atoms with Crippen molar-refractivity contribution in [1.29, 1.82) is 0 Å². The van der Waals surface area contributed by atoms with Crippen molar-refractivity contribution in [2.75, 3.05) is 52.9 Å². The minimum Gasteiger partial charge on any atom is -0.481 e. The summed E-state index contributed by atoms with van der Waals surface area (Å²) in [6, 6.07) is 0. The molecule has 1 amide bonds. The molecule has 2 aliphatic rings. The lowest BCUT2D eigenvalue weighted by atomic mass is 9.95. The molecule has 0 saturated carbocycles. The Bertz CT molecular complexity index is 354. The fourth-order valence-corrected chi connectivity index (χ4v) is 3.06. The fourth-order valence-electron chi connectivity index (χ4n) is 3.06. The van der Waals surface area contributed by atoms with Crippen LogP contribution in [0.3, 0.4) is 0 Å². The van der Waals surface area contributed by atoms with E-state index in [1.807, 2.05) is 4.90 Å². The summed E-state index contributed by atoms with van der Waals surface area (Å²) in [5.74, 6) is -0.349. The van der Waals surface area contributed by atoms with Gasteiger partial charge in [-0.25, -0.2) is 0 Å². The molecule has 0 aromatic rings. The number of likely N-dealkylation sites (tertiary alicyclic amines) is 1. The second-order valence-corrected chi connectivity index (χ2v) is 6.03. The van der Waals surface area contributed by atoms with Crippen LogP contribution in [-0.2, 0) is 9.59 Å². The maximum Gasteiger partial charge on any atom is 0.303 e. The molecule has 0 bridgehead atoms. The number of carbonyl (C=O) groups is 2. The molecule has 1 unspecified atom stereocenters. The van der Waals surface area contributed by atoms with Crippen LogP contribution in [0, 0.1) is 5.92 Å². The van der Waals surface area contributed by atoms with E-state index >= 15 is 0 Å². The second-order valence-electron chi connectivity index (χ2n) is 6.03. The number of hydrogen-bond acceptors (Lipinski definition) is 4. The van der Waals surface area contributed by atoms with Gasteiger partial charge in [-0.05, 0) is 32.4 Å². The van der Waals surface area contributed by atoms with E-state index in [1.54, 1.807) is 0 Å². The number of piperazine rings is 1. The van der Waals surface area contributed by atoms with Gasteiger partial charge in [0.25, 0.3) is 0 Å². The molecule has 0 spiro atoms. The normalized spacial score (nSPS) is 25.6. The molecule has 0 aliphatic carbocycles. The molecule has 114 valence electrons. The van der Waals surface area contributed by atoms with Gasteiger partial charge in [0.2, 0.25) is 5.91 Å². The van der Waals surface area contributed by atoms with Gasteiger partial charge in [0.05, 0.1) is 6.54 Å². The van der Waals surface area contributed by atoms with Gasteiger partial charge < -0.3 is 14.9 Å². The Labute approximate surface area is 120 Å². The van der Waals surface area contributed by atoms with Crippen LogP contribution in [0.15, 0.2) is 0 Å². The number of amides is 1.